The van der Waals surface area contributed by atoms with Crippen LogP contribution in [-0.4, -0.2) is 48.0 Å². The molecule has 2 atom stereocenters. The lowest BCUT2D eigenvalue weighted by Crippen LogP contribution is -2.40. The summed E-state index contributed by atoms with van der Waals surface area (Å²) in [4.78, 5) is 36.2. The summed E-state index contributed by atoms with van der Waals surface area (Å²) >= 11 is 5.95. The van der Waals surface area contributed by atoms with Gasteiger partial charge in [-0.05, 0) is 30.3 Å². The van der Waals surface area contributed by atoms with Crippen LogP contribution in [0, 0.1) is 0 Å². The standard InChI is InChI=1S/C21H16ClF4NO7/c1-33-16-5-3-11(22)7-13(16)20(23)12-4-2-10(21(24,25)26)6-14(12)27(19(20)32)9-34-17(29)8-15(28)18(30)31/h2-7,15,28H,8-9H2,1H3,(H,30,31)/t15?,20-/m0/s1. The highest BCUT2D eigenvalue weighted by Gasteiger charge is 2.55. The van der Waals surface area contributed by atoms with E-state index in [-0.39, 0.29) is 16.3 Å². The Morgan fingerprint density at radius 1 is 1.18 bits per heavy atom. The minimum absolute atomic E-state index is 0.0154. The molecule has 0 bridgehead atoms. The Hall–Kier alpha value is -3.38. The fraction of sp³-hybridized carbons (Fsp3) is 0.286. The number of benzene rings is 2. The largest absolute Gasteiger partial charge is 0.496 e. The fourth-order valence-corrected chi connectivity index (χ4v) is 3.58. The van der Waals surface area contributed by atoms with Gasteiger partial charge in [-0.25, -0.2) is 9.18 Å². The summed E-state index contributed by atoms with van der Waals surface area (Å²) < 4.78 is 66.2. The van der Waals surface area contributed by atoms with Gasteiger partial charge in [0.1, 0.15) is 5.75 Å². The molecule has 0 saturated heterocycles. The molecular formula is C21H16ClF4NO7. The Morgan fingerprint density at radius 2 is 1.85 bits per heavy atom. The molecule has 1 aliphatic heterocycles. The average molecular weight is 506 g/mol. The van der Waals surface area contributed by atoms with E-state index >= 15 is 4.39 Å². The van der Waals surface area contributed by atoms with Gasteiger partial charge in [-0.1, -0.05) is 17.7 Å². The maximum Gasteiger partial charge on any atom is 0.416 e. The van der Waals surface area contributed by atoms with E-state index in [1.165, 1.54) is 19.2 Å². The van der Waals surface area contributed by atoms with Crippen LogP contribution in [0.1, 0.15) is 23.1 Å². The zero-order chi connectivity index (χ0) is 25.4. The summed E-state index contributed by atoms with van der Waals surface area (Å²) in [6, 6.07) is 5.60. The fourth-order valence-electron chi connectivity index (χ4n) is 3.41. The van der Waals surface area contributed by atoms with Crippen LogP contribution in [0.3, 0.4) is 0 Å². The Labute approximate surface area is 194 Å². The SMILES string of the molecule is COc1ccc(Cl)cc1[C@]1(F)C(=O)N(COC(=O)CC(O)C(=O)O)c2cc(C(F)(F)F)ccc21. The molecule has 2 N–H and O–H groups in total. The summed E-state index contributed by atoms with van der Waals surface area (Å²) in [7, 11) is 1.19. The van der Waals surface area contributed by atoms with Gasteiger partial charge in [-0.15, -0.1) is 0 Å². The predicted molar refractivity (Wildman–Crippen MR) is 108 cm³/mol. The molecule has 0 spiro atoms. The molecule has 1 aliphatic rings. The first-order valence-electron chi connectivity index (χ1n) is 9.43. The molecule has 0 radical (unpaired) electrons. The number of methoxy groups -OCH3 is 1. The predicted octanol–water partition coefficient (Wildman–Crippen LogP) is 3.26. The van der Waals surface area contributed by atoms with Crippen molar-refractivity contribution in [3.63, 3.8) is 0 Å². The number of carbonyl (C=O) groups excluding carboxylic acids is 2. The van der Waals surface area contributed by atoms with Gasteiger partial charge in [-0.2, -0.15) is 13.2 Å². The van der Waals surface area contributed by atoms with Crippen LogP contribution in [0.15, 0.2) is 36.4 Å². The molecule has 34 heavy (non-hydrogen) atoms. The van der Waals surface area contributed by atoms with Crippen molar-refractivity contribution in [2.24, 2.45) is 0 Å². The third-order valence-corrected chi connectivity index (χ3v) is 5.29. The number of rotatable bonds is 7. The van der Waals surface area contributed by atoms with Crippen molar-refractivity contribution in [2.45, 2.75) is 24.4 Å². The van der Waals surface area contributed by atoms with Gasteiger partial charge in [0.05, 0.1) is 24.8 Å². The number of alkyl halides is 4. The number of hydrogen-bond donors (Lipinski definition) is 2. The Balaban J connectivity index is 2.07. The number of carbonyl (C=O) groups is 3. The van der Waals surface area contributed by atoms with Crippen molar-refractivity contribution >= 4 is 35.1 Å². The van der Waals surface area contributed by atoms with Crippen molar-refractivity contribution in [3.8, 4) is 5.75 Å². The summed E-state index contributed by atoms with van der Waals surface area (Å²) in [6.45, 7) is -1.05. The molecule has 0 aliphatic carbocycles. The second kappa shape index (κ2) is 9.11. The lowest BCUT2D eigenvalue weighted by Gasteiger charge is -2.23. The van der Waals surface area contributed by atoms with Gasteiger partial charge in [0, 0.05) is 16.1 Å². The summed E-state index contributed by atoms with van der Waals surface area (Å²) in [5, 5.41) is 17.9. The van der Waals surface area contributed by atoms with Crippen molar-refractivity contribution < 1.29 is 51.6 Å². The molecule has 0 fully saturated rings. The topological polar surface area (TPSA) is 113 Å². The smallest absolute Gasteiger partial charge is 0.416 e. The van der Waals surface area contributed by atoms with E-state index in [0.717, 1.165) is 12.1 Å². The summed E-state index contributed by atoms with van der Waals surface area (Å²) in [5.41, 5.74) is -5.64. The molecule has 1 unspecified atom stereocenters. The number of esters is 1. The Kier molecular flexibility index (Phi) is 6.76. The van der Waals surface area contributed by atoms with Crippen molar-refractivity contribution in [3.05, 3.63) is 58.1 Å². The minimum Gasteiger partial charge on any atom is -0.496 e. The molecule has 1 heterocycles. The number of fused-ring (bicyclic) bond motifs is 1. The first-order valence-corrected chi connectivity index (χ1v) is 9.81. The highest BCUT2D eigenvalue weighted by Crippen LogP contribution is 2.51. The lowest BCUT2D eigenvalue weighted by molar-refractivity contribution is -0.156. The van der Waals surface area contributed by atoms with Gasteiger partial charge in [0.25, 0.3) is 5.91 Å². The van der Waals surface area contributed by atoms with Crippen LogP contribution in [0.4, 0.5) is 23.2 Å². The molecule has 1 amide bonds. The normalized spacial score (nSPS) is 18.4. The molecule has 182 valence electrons. The van der Waals surface area contributed by atoms with Gasteiger partial charge >= 0.3 is 18.1 Å². The molecule has 0 aromatic heterocycles. The number of carboxylic acids is 1. The molecule has 13 heteroatoms. The monoisotopic (exact) mass is 505 g/mol. The number of aliphatic hydroxyl groups excluding tert-OH is 1. The van der Waals surface area contributed by atoms with Crippen LogP contribution in [-0.2, 0) is 31.0 Å². The third-order valence-electron chi connectivity index (χ3n) is 5.06. The molecular weight excluding hydrogens is 490 g/mol. The first-order chi connectivity index (χ1) is 15.8. The van der Waals surface area contributed by atoms with Gasteiger partial charge < -0.3 is 19.7 Å². The summed E-state index contributed by atoms with van der Waals surface area (Å²) in [6.07, 6.45) is -7.95. The molecule has 2 aromatic rings. The lowest BCUT2D eigenvalue weighted by atomic mass is 9.88. The molecule has 8 nitrogen and oxygen atoms in total. The number of aliphatic hydroxyl groups is 1. The van der Waals surface area contributed by atoms with E-state index < -0.39 is 65.8 Å². The average Bonchev–Trinajstić information content (AvgIpc) is 2.98. The van der Waals surface area contributed by atoms with Gasteiger partial charge in [0.2, 0.25) is 5.67 Å². The van der Waals surface area contributed by atoms with Crippen molar-refractivity contribution in [2.75, 3.05) is 18.7 Å². The number of hydrogen-bond acceptors (Lipinski definition) is 6. The maximum atomic E-state index is 16.5. The number of halogens is 5. The molecule has 3 rings (SSSR count). The molecule has 0 saturated carbocycles. The van der Waals surface area contributed by atoms with Crippen LogP contribution in [0.25, 0.3) is 0 Å². The number of amides is 1. The quantitative estimate of drug-likeness (QED) is 0.438. The highest BCUT2D eigenvalue weighted by atomic mass is 35.5. The summed E-state index contributed by atoms with van der Waals surface area (Å²) in [5.74, 6) is -4.51. The maximum absolute atomic E-state index is 16.5. The van der Waals surface area contributed by atoms with E-state index in [9.17, 15) is 32.7 Å². The Morgan fingerprint density at radius 3 is 2.44 bits per heavy atom. The van der Waals surface area contributed by atoms with Gasteiger partial charge in [-0.3, -0.25) is 14.5 Å². The number of carboxylic acid groups (broad SMARTS) is 1. The van der Waals surface area contributed by atoms with E-state index in [1.54, 1.807) is 0 Å². The Bertz CT molecular complexity index is 1160. The van der Waals surface area contributed by atoms with Crippen LogP contribution < -0.4 is 9.64 Å². The first kappa shape index (κ1) is 25.2. The number of aliphatic carboxylic acids is 1. The van der Waals surface area contributed by atoms with Crippen LogP contribution in [0.5, 0.6) is 5.75 Å². The van der Waals surface area contributed by atoms with E-state index in [0.29, 0.717) is 17.0 Å². The van der Waals surface area contributed by atoms with Crippen molar-refractivity contribution in [1.29, 1.82) is 0 Å². The number of nitrogens with zero attached hydrogens (tertiary/aromatic N) is 1. The van der Waals surface area contributed by atoms with Crippen LogP contribution >= 0.6 is 11.6 Å². The van der Waals surface area contributed by atoms with Crippen LogP contribution in [0.2, 0.25) is 5.02 Å². The highest BCUT2D eigenvalue weighted by molar-refractivity contribution is 6.30. The van der Waals surface area contributed by atoms with E-state index in [4.69, 9.17) is 26.2 Å². The zero-order valence-electron chi connectivity index (χ0n) is 17.2. The van der Waals surface area contributed by atoms with E-state index in [2.05, 4.69) is 0 Å². The van der Waals surface area contributed by atoms with Gasteiger partial charge in [0.15, 0.2) is 12.8 Å². The number of ether oxygens (including phenoxy) is 2. The second-order valence-corrected chi connectivity index (χ2v) is 7.61. The zero-order valence-corrected chi connectivity index (χ0v) is 18.0. The van der Waals surface area contributed by atoms with E-state index in [1.807, 2.05) is 0 Å². The minimum atomic E-state index is -4.83. The second-order valence-electron chi connectivity index (χ2n) is 7.17. The third kappa shape index (κ3) is 4.50. The number of anilines is 1. The molecule has 2 aromatic carbocycles. The van der Waals surface area contributed by atoms with Crippen molar-refractivity contribution in [1.82, 2.24) is 0 Å².